The molecule has 1 heterocycles. The molecule has 0 saturated carbocycles. The monoisotopic (exact) mass is 313 g/mol. The molecule has 2 rings (SSSR count). The van der Waals surface area contributed by atoms with Crippen molar-refractivity contribution < 1.29 is 8.42 Å². The van der Waals surface area contributed by atoms with Crippen LogP contribution in [0.15, 0.2) is 45.5 Å². The van der Waals surface area contributed by atoms with E-state index in [4.69, 9.17) is 10.7 Å². The molecule has 0 aliphatic rings. The van der Waals surface area contributed by atoms with Crippen molar-refractivity contribution in [2.45, 2.75) is 9.79 Å². The van der Waals surface area contributed by atoms with Gasteiger partial charge in [-0.3, -0.25) is 0 Å². The number of halogens is 1. The third-order valence-electron chi connectivity index (χ3n) is 2.04. The van der Waals surface area contributed by atoms with Gasteiger partial charge >= 0.3 is 0 Å². The number of thiol groups is 1. The van der Waals surface area contributed by atoms with Crippen LogP contribution in [-0.2, 0) is 9.05 Å². The van der Waals surface area contributed by atoms with Crippen molar-refractivity contribution in [3.63, 3.8) is 0 Å². The second kappa shape index (κ2) is 6.10. The van der Waals surface area contributed by atoms with E-state index in [2.05, 4.69) is 12.6 Å². The summed E-state index contributed by atoms with van der Waals surface area (Å²) in [6.45, 7) is 0. The van der Waals surface area contributed by atoms with E-state index in [-0.39, 0.29) is 34.5 Å². The largest absolute Gasteiger partial charge is 0.261 e. The van der Waals surface area contributed by atoms with E-state index in [1.54, 1.807) is 6.07 Å². The molecule has 0 N–H and O–H groups in total. The van der Waals surface area contributed by atoms with Gasteiger partial charge in [-0.1, -0.05) is 6.07 Å². The molecule has 1 radical (unpaired) electrons. The summed E-state index contributed by atoms with van der Waals surface area (Å²) in [7, 11) is 1.60. The zero-order chi connectivity index (χ0) is 11.8. The van der Waals surface area contributed by atoms with Crippen LogP contribution >= 0.6 is 34.6 Å². The van der Waals surface area contributed by atoms with E-state index in [0.29, 0.717) is 0 Å². The summed E-state index contributed by atoms with van der Waals surface area (Å²) >= 11 is 5.82. The quantitative estimate of drug-likeness (QED) is 0.524. The van der Waals surface area contributed by atoms with Crippen molar-refractivity contribution in [2.75, 3.05) is 0 Å². The van der Waals surface area contributed by atoms with Crippen LogP contribution in [0.1, 0.15) is 0 Å². The van der Waals surface area contributed by atoms with E-state index >= 15 is 0 Å². The van der Waals surface area contributed by atoms with Crippen LogP contribution in [0.5, 0.6) is 0 Å². The number of hydrogen-bond donors (Lipinski definition) is 1. The van der Waals surface area contributed by atoms with Crippen molar-refractivity contribution >= 4 is 73.3 Å². The van der Waals surface area contributed by atoms with Gasteiger partial charge in [-0.05, 0) is 29.6 Å². The molecule has 0 aliphatic heterocycles. The third kappa shape index (κ3) is 3.73. The Morgan fingerprint density at radius 2 is 1.94 bits per heavy atom. The van der Waals surface area contributed by atoms with Crippen LogP contribution < -0.4 is 0 Å². The summed E-state index contributed by atoms with van der Waals surface area (Å²) in [5.74, 6) is 0. The molecule has 1 aromatic heterocycles. The summed E-state index contributed by atoms with van der Waals surface area (Å²) in [5.41, 5.74) is 0.778. The molecule has 2 aromatic rings. The fraction of sp³-hybridized carbons (Fsp3) is 0. The van der Waals surface area contributed by atoms with Crippen molar-refractivity contribution in [1.82, 2.24) is 0 Å². The van der Waals surface area contributed by atoms with Crippen LogP contribution in [0.3, 0.4) is 0 Å². The fourth-order valence-corrected chi connectivity index (χ4v) is 3.17. The summed E-state index contributed by atoms with van der Waals surface area (Å²) in [5, 5.41) is 1.92. The molecule has 0 spiro atoms. The Hall–Kier alpha value is 0.510. The minimum atomic E-state index is -3.69. The Morgan fingerprint density at radius 1 is 1.24 bits per heavy atom. The molecule has 7 heteroatoms. The molecule has 0 fully saturated rings. The number of rotatable bonds is 2. The van der Waals surface area contributed by atoms with Gasteiger partial charge in [-0.15, -0.1) is 24.0 Å². The molecule has 0 bridgehead atoms. The van der Waals surface area contributed by atoms with Crippen molar-refractivity contribution in [3.8, 4) is 10.4 Å². The maximum atomic E-state index is 11.2. The van der Waals surface area contributed by atoms with Crippen molar-refractivity contribution in [3.05, 3.63) is 35.7 Å². The van der Waals surface area contributed by atoms with Crippen molar-refractivity contribution in [2.24, 2.45) is 0 Å². The summed E-state index contributed by atoms with van der Waals surface area (Å²) in [6.07, 6.45) is 0. The Kier molecular flexibility index (Phi) is 5.59. The maximum Gasteiger partial charge on any atom is 0.261 e. The smallest absolute Gasteiger partial charge is 0.207 e. The van der Waals surface area contributed by atoms with E-state index in [1.807, 2.05) is 17.5 Å². The minimum Gasteiger partial charge on any atom is -0.207 e. The molecule has 0 saturated heterocycles. The second-order valence-corrected chi connectivity index (χ2v) is 7.09. The molecule has 0 atom stereocenters. The van der Waals surface area contributed by atoms with Gasteiger partial charge in [-0.2, -0.15) is 0 Å². The zero-order valence-electron chi connectivity index (χ0n) is 8.92. The first-order valence-electron chi connectivity index (χ1n) is 4.30. The van der Waals surface area contributed by atoms with Gasteiger partial charge < -0.3 is 0 Å². The van der Waals surface area contributed by atoms with Gasteiger partial charge in [0, 0.05) is 55.6 Å². The predicted molar refractivity (Wildman–Crippen MR) is 75.8 cm³/mol. The fourth-order valence-electron chi connectivity index (χ4n) is 1.30. The van der Waals surface area contributed by atoms with Gasteiger partial charge in [0.25, 0.3) is 9.05 Å². The van der Waals surface area contributed by atoms with Gasteiger partial charge in [-0.25, -0.2) is 8.42 Å². The van der Waals surface area contributed by atoms with Gasteiger partial charge in [0.15, 0.2) is 0 Å². The Labute approximate surface area is 136 Å². The molecular weight excluding hydrogens is 307 g/mol. The van der Waals surface area contributed by atoms with Gasteiger partial charge in [0.2, 0.25) is 0 Å². The normalized spacial score (nSPS) is 10.9. The van der Waals surface area contributed by atoms with Gasteiger partial charge in [0.05, 0.1) is 4.90 Å². The van der Waals surface area contributed by atoms with Gasteiger partial charge in [0.1, 0.15) is 0 Å². The topological polar surface area (TPSA) is 34.1 Å². The average molecular weight is 314 g/mol. The second-order valence-electron chi connectivity index (χ2n) is 3.09. The number of hydrogen-bond acceptors (Lipinski definition) is 4. The molecule has 0 unspecified atom stereocenters. The Bertz CT molecular complexity index is 608. The average Bonchev–Trinajstić information content (AvgIpc) is 2.69. The van der Waals surface area contributed by atoms with Crippen LogP contribution in [0.25, 0.3) is 10.4 Å². The molecule has 1 aromatic carbocycles. The van der Waals surface area contributed by atoms with Crippen LogP contribution in [0.2, 0.25) is 0 Å². The summed E-state index contributed by atoms with van der Waals surface area (Å²) in [6, 6.07) is 8.42. The molecular formula is C10H7ClNaO2S3. The maximum absolute atomic E-state index is 11.2. The standard InChI is InChI=1S/C10H7ClO2S3.Na/c11-16(12,13)7-3-4-9(14)8(6-7)10-2-1-5-15-10;/h1-6,14H;. The van der Waals surface area contributed by atoms with E-state index < -0.39 is 9.05 Å². The van der Waals surface area contributed by atoms with Crippen LogP contribution in [0.4, 0.5) is 0 Å². The summed E-state index contributed by atoms with van der Waals surface area (Å²) in [4.78, 5) is 1.79. The van der Waals surface area contributed by atoms with Crippen molar-refractivity contribution in [1.29, 1.82) is 0 Å². The van der Waals surface area contributed by atoms with E-state index in [0.717, 1.165) is 15.3 Å². The van der Waals surface area contributed by atoms with E-state index in [9.17, 15) is 8.42 Å². The molecule has 0 amide bonds. The molecule has 2 nitrogen and oxygen atoms in total. The molecule has 85 valence electrons. The first kappa shape index (κ1) is 15.6. The van der Waals surface area contributed by atoms with Crippen LogP contribution in [0, 0.1) is 0 Å². The number of benzene rings is 1. The zero-order valence-corrected chi connectivity index (χ0v) is 14.2. The predicted octanol–water partition coefficient (Wildman–Crippen LogP) is 3.25. The van der Waals surface area contributed by atoms with E-state index in [1.165, 1.54) is 23.5 Å². The SMILES string of the molecule is O=S(=O)(Cl)c1ccc(S)c(-c2cccs2)c1.[Na]. The van der Waals surface area contributed by atoms with Crippen LogP contribution in [-0.4, -0.2) is 38.0 Å². The Morgan fingerprint density at radius 3 is 2.47 bits per heavy atom. The third-order valence-corrected chi connectivity index (χ3v) is 4.68. The molecule has 0 aliphatic carbocycles. The number of thiophene rings is 1. The molecule has 17 heavy (non-hydrogen) atoms. The summed E-state index contributed by atoms with van der Waals surface area (Å²) < 4.78 is 22.4. The first-order valence-corrected chi connectivity index (χ1v) is 7.93. The minimum absolute atomic E-state index is 0. The first-order chi connectivity index (χ1) is 7.48. The Balaban J connectivity index is 0.00000144.